The van der Waals surface area contributed by atoms with E-state index in [9.17, 15) is 19.8 Å². The average Bonchev–Trinajstić information content (AvgIpc) is 3.49. The van der Waals surface area contributed by atoms with E-state index in [1.807, 2.05) is 6.08 Å². The largest absolute Gasteiger partial charge is 0.466 e. The highest BCUT2D eigenvalue weighted by atomic mass is 16.5. The smallest absolute Gasteiger partial charge is 0.305 e. The Morgan fingerprint density at radius 3 is 0.855 bits per heavy atom. The average molecular weight is 1170 g/mol. The zero-order valence-electron chi connectivity index (χ0n) is 56.2. The molecule has 2 atom stereocenters. The highest BCUT2D eigenvalue weighted by molar-refractivity contribution is 5.76. The topological polar surface area (TPSA) is 95.9 Å². The normalized spacial score (nSPS) is 12.7. The predicted molar refractivity (Wildman–Crippen MR) is 366 cm³/mol. The molecule has 6 nitrogen and oxygen atoms in total. The molecule has 0 aromatic heterocycles. The molecule has 1 amide bonds. The number of unbranched alkanes of at least 4 members (excludes halogenated alkanes) is 56. The highest BCUT2D eigenvalue weighted by Gasteiger charge is 2.18. The Labute approximate surface area is 519 Å². The van der Waals surface area contributed by atoms with Crippen molar-refractivity contribution in [2.45, 2.75) is 431 Å². The standard InChI is InChI=1S/C77H147NO5/c1-3-5-7-9-11-13-15-17-19-21-34-39-43-47-51-55-59-63-67-71-77(82)83-72-68-64-60-56-52-48-44-40-36-33-31-29-27-25-23-22-24-26-28-30-32-35-38-42-46-50-54-58-62-66-70-76(81)78-74(73-79)75(80)69-65-61-57-53-49-45-41-37-20-18-16-14-12-10-8-6-4-2/h17,19,23,25,65,69,74-75,79-80H,3-16,18,20-22,24,26-64,66-68,70-73H2,1-2H3,(H,78,81)/b19-17-,25-23-,69-65+. The first-order valence-corrected chi connectivity index (χ1v) is 37.8. The monoisotopic (exact) mass is 1170 g/mol. The Morgan fingerprint density at radius 1 is 0.325 bits per heavy atom. The third-order valence-electron chi connectivity index (χ3n) is 17.6. The van der Waals surface area contributed by atoms with Gasteiger partial charge in [-0.2, -0.15) is 0 Å². The zero-order chi connectivity index (χ0) is 59.9. The van der Waals surface area contributed by atoms with E-state index in [1.54, 1.807) is 6.08 Å². The van der Waals surface area contributed by atoms with Crippen LogP contribution in [0.1, 0.15) is 418 Å². The van der Waals surface area contributed by atoms with Gasteiger partial charge in [0, 0.05) is 12.8 Å². The van der Waals surface area contributed by atoms with Gasteiger partial charge in [0.2, 0.25) is 5.91 Å². The number of aliphatic hydroxyl groups excluding tert-OH is 2. The molecule has 490 valence electrons. The van der Waals surface area contributed by atoms with Gasteiger partial charge in [-0.1, -0.05) is 359 Å². The number of nitrogens with one attached hydrogen (secondary N) is 1. The SMILES string of the molecule is CCCCCCCC/C=C\CCCCCCCCCCCC(=O)OCCCCCCCCCCCCCC/C=C\CCCCCCCCCCCCCCCCC(=O)NC(CO)C(O)/C=C/CCCCCCCCCCCCCCCCC. The molecule has 0 heterocycles. The second-order valence-corrected chi connectivity index (χ2v) is 26.0. The van der Waals surface area contributed by atoms with Crippen LogP contribution >= 0.6 is 0 Å². The van der Waals surface area contributed by atoms with Gasteiger partial charge in [0.15, 0.2) is 0 Å². The molecule has 0 saturated heterocycles. The van der Waals surface area contributed by atoms with Crippen molar-refractivity contribution < 1.29 is 24.5 Å². The maximum absolute atomic E-state index is 12.5. The number of ether oxygens (including phenoxy) is 1. The molecule has 0 aliphatic heterocycles. The van der Waals surface area contributed by atoms with E-state index >= 15 is 0 Å². The van der Waals surface area contributed by atoms with Crippen molar-refractivity contribution in [3.63, 3.8) is 0 Å². The number of amides is 1. The van der Waals surface area contributed by atoms with Crippen LogP contribution in [0.25, 0.3) is 0 Å². The van der Waals surface area contributed by atoms with Gasteiger partial charge < -0.3 is 20.3 Å². The summed E-state index contributed by atoms with van der Waals surface area (Å²) >= 11 is 0. The van der Waals surface area contributed by atoms with Gasteiger partial charge in [0.1, 0.15) is 0 Å². The van der Waals surface area contributed by atoms with Gasteiger partial charge in [-0.15, -0.1) is 0 Å². The van der Waals surface area contributed by atoms with Gasteiger partial charge in [-0.25, -0.2) is 0 Å². The molecule has 0 saturated carbocycles. The molecule has 0 rings (SSSR count). The Balaban J connectivity index is 3.37. The van der Waals surface area contributed by atoms with Crippen molar-refractivity contribution in [2.24, 2.45) is 0 Å². The van der Waals surface area contributed by atoms with E-state index in [-0.39, 0.29) is 18.5 Å². The first kappa shape index (κ1) is 81.1. The lowest BCUT2D eigenvalue weighted by molar-refractivity contribution is -0.143. The number of hydrogen-bond acceptors (Lipinski definition) is 5. The van der Waals surface area contributed by atoms with E-state index in [4.69, 9.17) is 4.74 Å². The minimum absolute atomic E-state index is 0.0170. The summed E-state index contributed by atoms with van der Waals surface area (Å²) < 4.78 is 5.51. The molecular weight excluding hydrogens is 1020 g/mol. The van der Waals surface area contributed by atoms with Gasteiger partial charge in [0.05, 0.1) is 25.4 Å². The first-order chi connectivity index (χ1) is 41.0. The van der Waals surface area contributed by atoms with Crippen LogP contribution in [0.5, 0.6) is 0 Å². The van der Waals surface area contributed by atoms with Crippen molar-refractivity contribution in [1.29, 1.82) is 0 Å². The summed E-state index contributed by atoms with van der Waals surface area (Å²) in [5, 5.41) is 23.2. The third-order valence-corrected chi connectivity index (χ3v) is 17.6. The summed E-state index contributed by atoms with van der Waals surface area (Å²) in [6.07, 6.45) is 93.9. The minimum Gasteiger partial charge on any atom is -0.466 e. The number of hydrogen-bond donors (Lipinski definition) is 3. The van der Waals surface area contributed by atoms with Gasteiger partial charge in [0.25, 0.3) is 0 Å². The lowest BCUT2D eigenvalue weighted by atomic mass is 10.0. The summed E-state index contributed by atoms with van der Waals surface area (Å²) in [4.78, 5) is 24.6. The molecule has 0 aromatic rings. The van der Waals surface area contributed by atoms with Crippen LogP contribution in [0.2, 0.25) is 0 Å². The highest BCUT2D eigenvalue weighted by Crippen LogP contribution is 2.19. The van der Waals surface area contributed by atoms with Crippen LogP contribution in [0, 0.1) is 0 Å². The second kappa shape index (κ2) is 72.6. The summed E-state index contributed by atoms with van der Waals surface area (Å²) in [5.41, 5.74) is 0. The fraction of sp³-hybridized carbons (Fsp3) is 0.896. The molecule has 0 aromatic carbocycles. The van der Waals surface area contributed by atoms with Crippen LogP contribution in [0.15, 0.2) is 36.5 Å². The van der Waals surface area contributed by atoms with Gasteiger partial charge >= 0.3 is 5.97 Å². The third kappa shape index (κ3) is 69.1. The maximum atomic E-state index is 12.5. The number of esters is 1. The number of allylic oxidation sites excluding steroid dienone is 5. The van der Waals surface area contributed by atoms with Crippen molar-refractivity contribution in [2.75, 3.05) is 13.2 Å². The second-order valence-electron chi connectivity index (χ2n) is 26.0. The van der Waals surface area contributed by atoms with Crippen LogP contribution in [0.3, 0.4) is 0 Å². The van der Waals surface area contributed by atoms with Crippen LogP contribution in [-0.2, 0) is 14.3 Å². The summed E-state index contributed by atoms with van der Waals surface area (Å²) in [6, 6.07) is -0.627. The molecule has 0 aliphatic carbocycles. The van der Waals surface area contributed by atoms with Gasteiger partial charge in [-0.05, 0) is 83.5 Å². The summed E-state index contributed by atoms with van der Waals surface area (Å²) in [5.74, 6) is -0.0464. The molecule has 0 fully saturated rings. The quantitative estimate of drug-likeness (QED) is 0.0320. The van der Waals surface area contributed by atoms with Gasteiger partial charge in [-0.3, -0.25) is 9.59 Å². The Morgan fingerprint density at radius 2 is 0.566 bits per heavy atom. The molecule has 0 radical (unpaired) electrons. The van der Waals surface area contributed by atoms with Crippen LogP contribution in [-0.4, -0.2) is 47.4 Å². The molecule has 0 spiro atoms. The first-order valence-electron chi connectivity index (χ1n) is 37.8. The predicted octanol–water partition coefficient (Wildman–Crippen LogP) is 24.7. The van der Waals surface area contributed by atoms with Crippen molar-refractivity contribution in [3.05, 3.63) is 36.5 Å². The number of carbonyl (C=O) groups is 2. The fourth-order valence-corrected chi connectivity index (χ4v) is 11.9. The van der Waals surface area contributed by atoms with E-state index < -0.39 is 12.1 Å². The number of rotatable bonds is 71. The molecule has 3 N–H and O–H groups in total. The molecular formula is C77H147NO5. The lowest BCUT2D eigenvalue weighted by Crippen LogP contribution is -2.45. The molecule has 2 unspecified atom stereocenters. The molecule has 0 bridgehead atoms. The zero-order valence-corrected chi connectivity index (χ0v) is 56.2. The van der Waals surface area contributed by atoms with E-state index in [0.29, 0.717) is 19.4 Å². The number of aliphatic hydroxyl groups is 2. The molecule has 83 heavy (non-hydrogen) atoms. The maximum Gasteiger partial charge on any atom is 0.305 e. The minimum atomic E-state index is -0.844. The molecule has 6 heteroatoms. The van der Waals surface area contributed by atoms with Crippen molar-refractivity contribution in [1.82, 2.24) is 5.32 Å². The lowest BCUT2D eigenvalue weighted by Gasteiger charge is -2.20. The van der Waals surface area contributed by atoms with Crippen molar-refractivity contribution >= 4 is 11.9 Å². The van der Waals surface area contributed by atoms with Crippen LogP contribution < -0.4 is 5.32 Å². The Bertz CT molecular complexity index is 1340. The van der Waals surface area contributed by atoms with Crippen molar-refractivity contribution in [3.8, 4) is 0 Å². The van der Waals surface area contributed by atoms with E-state index in [1.165, 1.54) is 353 Å². The van der Waals surface area contributed by atoms with E-state index in [2.05, 4.69) is 43.5 Å². The molecule has 0 aliphatic rings. The summed E-state index contributed by atoms with van der Waals surface area (Å²) in [7, 11) is 0. The fourth-order valence-electron chi connectivity index (χ4n) is 11.9. The van der Waals surface area contributed by atoms with E-state index in [0.717, 1.165) is 38.5 Å². The van der Waals surface area contributed by atoms with Crippen LogP contribution in [0.4, 0.5) is 0 Å². The number of carbonyl (C=O) groups excluding carboxylic acids is 2. The summed E-state index contributed by atoms with van der Waals surface area (Å²) in [6.45, 7) is 4.94. The Kier molecular flexibility index (Phi) is 70.9. The Hall–Kier alpha value is -1.92.